The van der Waals surface area contributed by atoms with E-state index in [-0.39, 0.29) is 19.2 Å². The molecule has 13 nitrogen and oxygen atoms in total. The number of carbonyl (C=O) groups excluding carboxylic acids is 1. The number of aliphatic hydroxyl groups is 1. The second-order valence-corrected chi connectivity index (χ2v) is 12.0. The Morgan fingerprint density at radius 2 is 2.20 bits per heavy atom. The zero-order valence-corrected chi connectivity index (χ0v) is 20.7. The van der Waals surface area contributed by atoms with Gasteiger partial charge in [-0.15, -0.1) is 0 Å². The second kappa shape index (κ2) is 8.80. The third-order valence-corrected chi connectivity index (χ3v) is 7.83. The maximum atomic E-state index is 12.0. The number of imidazole rings is 1. The number of nitrogens with two attached hydrogens (primary N) is 1. The Labute approximate surface area is 201 Å². The second-order valence-electron chi connectivity index (χ2n) is 9.47. The van der Waals surface area contributed by atoms with E-state index in [2.05, 4.69) is 15.0 Å². The summed E-state index contributed by atoms with van der Waals surface area (Å²) in [6.07, 6.45) is -0.576. The van der Waals surface area contributed by atoms with Crippen LogP contribution in [0.3, 0.4) is 0 Å². The van der Waals surface area contributed by atoms with E-state index in [1.54, 1.807) is 45.0 Å². The van der Waals surface area contributed by atoms with Gasteiger partial charge in [-0.05, 0) is 0 Å². The Morgan fingerprint density at radius 3 is 2.91 bits per heavy atom. The molecule has 1 unspecified atom stereocenters. The van der Waals surface area contributed by atoms with Gasteiger partial charge in [-0.2, -0.15) is 0 Å². The predicted octanol–water partition coefficient (Wildman–Crippen LogP) is 0.949. The number of nitrogens with zero attached hydrogens (tertiary/aromatic N) is 4. The summed E-state index contributed by atoms with van der Waals surface area (Å²) in [5.74, 6) is 0.579. The Morgan fingerprint density at radius 1 is 1.40 bits per heavy atom. The Hall–Kier alpha value is -2.61. The van der Waals surface area contributed by atoms with Gasteiger partial charge in [0.25, 0.3) is 0 Å². The van der Waals surface area contributed by atoms with Gasteiger partial charge in [0.05, 0.1) is 0 Å². The van der Waals surface area contributed by atoms with Crippen LogP contribution in [0.4, 0.5) is 5.82 Å². The Kier molecular flexibility index (Phi) is 6.06. The van der Waals surface area contributed by atoms with Gasteiger partial charge in [0.15, 0.2) is 0 Å². The van der Waals surface area contributed by atoms with Crippen molar-refractivity contribution in [1.29, 1.82) is 0 Å². The molecule has 0 spiro atoms. The first-order chi connectivity index (χ1) is 16.6. The van der Waals surface area contributed by atoms with Crippen LogP contribution in [0.15, 0.2) is 29.1 Å². The summed E-state index contributed by atoms with van der Waals surface area (Å²) < 4.78 is 36.1. The van der Waals surface area contributed by atoms with E-state index in [4.69, 9.17) is 33.2 Å². The molecule has 35 heavy (non-hydrogen) atoms. The van der Waals surface area contributed by atoms with E-state index in [1.807, 2.05) is 0 Å². The fourth-order valence-corrected chi connectivity index (χ4v) is 5.70. The average Bonchev–Trinajstić information content (AvgIpc) is 3.51. The van der Waals surface area contributed by atoms with Crippen LogP contribution in [0.5, 0.6) is 0 Å². The molecule has 3 N–H and O–H groups in total. The summed E-state index contributed by atoms with van der Waals surface area (Å²) in [7, 11) is -1.57. The number of fused-ring (bicyclic) bond motifs is 2. The normalized spacial score (nSPS) is 27.0. The van der Waals surface area contributed by atoms with Crippen LogP contribution in [0.25, 0.3) is 22.7 Å². The summed E-state index contributed by atoms with van der Waals surface area (Å²) in [5.41, 5.74) is 6.08. The number of rotatable bonds is 5. The van der Waals surface area contributed by atoms with Crippen LogP contribution in [-0.2, 0) is 27.8 Å². The summed E-state index contributed by atoms with van der Waals surface area (Å²) in [6, 6.07) is 3.45. The summed E-state index contributed by atoms with van der Waals surface area (Å²) in [5, 5.41) is 11.3. The first-order valence-corrected chi connectivity index (χ1v) is 13.3. The van der Waals surface area contributed by atoms with Crippen LogP contribution in [0.1, 0.15) is 27.0 Å². The molecule has 0 aromatic carbocycles. The molecule has 0 aliphatic carbocycles. The maximum absolute atomic E-state index is 12.0. The minimum atomic E-state index is -3.24. The van der Waals surface area contributed by atoms with Crippen LogP contribution in [-0.4, -0.2) is 69.9 Å². The number of anilines is 1. The van der Waals surface area contributed by atoms with E-state index in [9.17, 15) is 9.90 Å². The number of esters is 1. The fourth-order valence-electron chi connectivity index (χ4n) is 3.96. The summed E-state index contributed by atoms with van der Waals surface area (Å²) >= 11 is 0. The molecular weight excluding hydrogens is 480 g/mol. The number of hydrogen-bond acceptors (Lipinski definition) is 12. The van der Waals surface area contributed by atoms with Crippen molar-refractivity contribution in [2.75, 3.05) is 19.1 Å². The molecular formula is C20H27BN5O8P. The molecule has 0 radical (unpaired) electrons. The summed E-state index contributed by atoms with van der Waals surface area (Å²) in [6.45, 7) is 5.03. The van der Waals surface area contributed by atoms with Crippen molar-refractivity contribution in [3.8, 4) is 11.6 Å². The van der Waals surface area contributed by atoms with Crippen molar-refractivity contribution < 1.29 is 37.4 Å². The number of nitrogen functional groups attached to an aromatic ring is 1. The SMILES string of the molecule is B[PH]1(OCOC(=O)C(C)(C)C)OC[C@H]2O[C@@H](n3c(-c4ccco4)nc4c(N)ncnc43)C(O)[C@@H]2O1. The van der Waals surface area contributed by atoms with Crippen molar-refractivity contribution in [3.63, 3.8) is 0 Å². The molecule has 2 aliphatic heterocycles. The molecule has 3 aromatic heterocycles. The van der Waals surface area contributed by atoms with Crippen LogP contribution >= 0.6 is 7.82 Å². The predicted molar refractivity (Wildman–Crippen MR) is 127 cm³/mol. The van der Waals surface area contributed by atoms with Gasteiger partial charge in [-0.1, -0.05) is 0 Å². The molecule has 4 atom stereocenters. The van der Waals surface area contributed by atoms with Crippen LogP contribution in [0.2, 0.25) is 0 Å². The molecule has 0 bridgehead atoms. The molecule has 188 valence electrons. The van der Waals surface area contributed by atoms with E-state index >= 15 is 0 Å². The Bertz CT molecular complexity index is 1230. The Balaban J connectivity index is 1.38. The number of ether oxygens (including phenoxy) is 2. The standard InChI is InChI=1S/C20H27BN5O8P/c1-20(2,3)19(28)30-9-32-35(21)31-7-11-14(34-35)13(27)18(33-11)26-16(10-5-4-6-29-10)25-12-15(22)23-8-24-17(12)26/h4-6,8,11,13-14,18,27,35H,7,9,21H2,1-3H3,(H2,22,23,24)/t11-,13?,14-,18-/m1/s1. The molecule has 5 heterocycles. The van der Waals surface area contributed by atoms with Crippen LogP contribution < -0.4 is 5.73 Å². The monoisotopic (exact) mass is 507 g/mol. The van der Waals surface area contributed by atoms with Crippen molar-refractivity contribution in [3.05, 3.63) is 24.7 Å². The van der Waals surface area contributed by atoms with Gasteiger partial charge in [0.2, 0.25) is 0 Å². The van der Waals surface area contributed by atoms with Crippen molar-refractivity contribution in [2.45, 2.75) is 45.3 Å². The summed E-state index contributed by atoms with van der Waals surface area (Å²) in [4.78, 5) is 24.9. The molecule has 3 aromatic rings. The van der Waals surface area contributed by atoms with Crippen molar-refractivity contribution >= 4 is 38.3 Å². The number of aliphatic hydroxyl groups excluding tert-OH is 1. The third-order valence-electron chi connectivity index (χ3n) is 5.79. The quantitative estimate of drug-likeness (QED) is 0.218. The van der Waals surface area contributed by atoms with E-state index in [1.165, 1.54) is 12.6 Å². The molecule has 2 fully saturated rings. The number of aromatic nitrogens is 4. The molecule has 15 heteroatoms. The molecule has 2 saturated heterocycles. The fraction of sp³-hybridized carbons (Fsp3) is 0.500. The van der Waals surface area contributed by atoms with Gasteiger partial charge >= 0.3 is 201 Å². The van der Waals surface area contributed by atoms with Crippen molar-refractivity contribution in [1.82, 2.24) is 19.5 Å². The zero-order chi connectivity index (χ0) is 25.0. The molecule has 5 rings (SSSR count). The van der Waals surface area contributed by atoms with Crippen molar-refractivity contribution in [2.24, 2.45) is 5.41 Å². The first-order valence-electron chi connectivity index (χ1n) is 11.1. The van der Waals surface area contributed by atoms with Gasteiger partial charge in [0.1, 0.15) is 0 Å². The number of carbonyl (C=O) groups is 1. The van der Waals surface area contributed by atoms with E-state index < -0.39 is 43.7 Å². The van der Waals surface area contributed by atoms with E-state index in [0.717, 1.165) is 0 Å². The van der Waals surface area contributed by atoms with Gasteiger partial charge in [-0.3, -0.25) is 0 Å². The minimum absolute atomic E-state index is 0.119. The van der Waals surface area contributed by atoms with Gasteiger partial charge in [0, 0.05) is 0 Å². The van der Waals surface area contributed by atoms with E-state index in [0.29, 0.717) is 22.7 Å². The third kappa shape index (κ3) is 4.41. The molecule has 2 aliphatic rings. The molecule has 0 saturated carbocycles. The topological polar surface area (TPSA) is 166 Å². The van der Waals surface area contributed by atoms with Crippen LogP contribution in [0, 0.1) is 5.41 Å². The zero-order valence-electron chi connectivity index (χ0n) is 19.7. The first kappa shape index (κ1) is 24.1. The molecule has 0 amide bonds. The average molecular weight is 507 g/mol. The van der Waals surface area contributed by atoms with Gasteiger partial charge in [-0.25, -0.2) is 0 Å². The number of furan rings is 1. The number of hydrogen-bond donors (Lipinski definition) is 2. The van der Waals surface area contributed by atoms with Gasteiger partial charge < -0.3 is 0 Å².